The fourth-order valence-electron chi connectivity index (χ4n) is 15.0. The summed E-state index contributed by atoms with van der Waals surface area (Å²) in [4.78, 5) is 26.5. The number of phenols is 1. The van der Waals surface area contributed by atoms with E-state index in [1.165, 1.54) is 45.8 Å². The molecule has 8 aromatic carbocycles. The SMILES string of the molecule is CCc1cc2c([nH]1)N1CCNC[C@@H]1[C@@]1(C[C@@H]3C=Cc4ccc5cc6ccccc6cc5c4[C@@H]3C1)c1ccc(c(N=C(N)N)c1)C[C@@H](CO)COc1c(OC)c(OCC[C@@H](O)/C=C/c3ccccc3)c3c(=O)cc(-c4ccc(O)cc4)oc3c1CCc1cccc-2c1. The number of aromatic amines is 1. The Morgan fingerprint density at radius 1 is 0.868 bits per heavy atom. The van der Waals surface area contributed by atoms with Crippen LogP contribution in [0.5, 0.6) is 23.0 Å². The van der Waals surface area contributed by atoms with E-state index in [0.717, 1.165) is 83.8 Å². The number of piperazine rings is 1. The number of aliphatic hydroxyl groups excluding tert-OH is 2. The molecular formula is C77H76N6O8. The number of allylic oxidation sites excluding steroid dienone is 1. The minimum Gasteiger partial charge on any atom is -0.508 e. The quantitative estimate of drug-likeness (QED) is 0.0366. The Labute approximate surface area is 529 Å². The first-order chi connectivity index (χ1) is 44.4. The summed E-state index contributed by atoms with van der Waals surface area (Å²) in [5, 5.41) is 42.1. The minimum absolute atomic E-state index is 0.00415. The number of H-pyrrole nitrogens is 1. The number of anilines is 1. The fraction of sp³-hybridized carbons (Fsp3) is 0.273. The van der Waals surface area contributed by atoms with Gasteiger partial charge >= 0.3 is 0 Å². The maximum atomic E-state index is 14.9. The van der Waals surface area contributed by atoms with Crippen molar-refractivity contribution in [3.8, 4) is 45.4 Å². The van der Waals surface area contributed by atoms with E-state index in [0.29, 0.717) is 36.1 Å². The molecule has 0 unspecified atom stereocenters. The number of fused-ring (bicyclic) bond motifs is 13. The van der Waals surface area contributed by atoms with Crippen LogP contribution >= 0.6 is 0 Å². The molecule has 1 spiro atoms. The average molecular weight is 1210 g/mol. The third-order valence-corrected chi connectivity index (χ3v) is 19.5. The number of hydrogen-bond donors (Lipinski definition) is 7. The number of hydrogen-bond acceptors (Lipinski definition) is 11. The van der Waals surface area contributed by atoms with Crippen molar-refractivity contribution < 1.29 is 33.9 Å². The number of nitrogens with two attached hydrogens (primary N) is 2. The Bertz CT molecular complexity index is 4530. The molecule has 6 atom stereocenters. The largest absolute Gasteiger partial charge is 0.508 e. The van der Waals surface area contributed by atoms with Crippen molar-refractivity contribution >= 4 is 62.1 Å². The van der Waals surface area contributed by atoms with Crippen molar-refractivity contribution in [3.05, 3.63) is 225 Å². The zero-order chi connectivity index (χ0) is 62.3. The number of benzene rings is 8. The summed E-state index contributed by atoms with van der Waals surface area (Å²) >= 11 is 0. The number of nitrogens with zero attached hydrogens (tertiary/aromatic N) is 2. The lowest BCUT2D eigenvalue weighted by Crippen LogP contribution is -2.60. The van der Waals surface area contributed by atoms with Gasteiger partial charge in [-0.25, -0.2) is 4.99 Å². The first-order valence-corrected chi connectivity index (χ1v) is 31.9. The zero-order valence-electron chi connectivity index (χ0n) is 51.3. The molecule has 9 N–H and O–H groups in total. The Morgan fingerprint density at radius 3 is 2.49 bits per heavy atom. The molecular weight excluding hydrogens is 1140 g/mol. The standard InChI is InChI=1S/C77H76N6O8/c1-3-58-39-63-53-15-9-12-47(34-53)17-29-61-71-70(66(87)40-67(91-71)49-23-27-59(85)28-24-49)73(89-33-30-60(86)26-16-46-10-5-4-6-11-46)74(88-2)72(61)90-45-48(44-84)35-55-22-25-57(38-65(55)82-76(78)79)77(68-43-80-31-32-83(68)75(63)81-58)41-56-21-19-50-18-20-54-36-51-13-7-8-14-52(51)37-62(54)69(50)64(56)42-77/h4-16,18-28,34,36-40,48,56,60,64,68,80-81,84-86H,3,17,29-33,35,41-45H2,1-2H3,(H4,78,79,82)/b26-16+/t48-,56-,60-,64+,68+,77+/m0/s1. The number of phenolic OH excluding ortho intramolecular Hbond substituents is 1. The van der Waals surface area contributed by atoms with Crippen LogP contribution in [0.15, 0.2) is 184 Å². The van der Waals surface area contributed by atoms with Crippen molar-refractivity contribution in [2.75, 3.05) is 51.5 Å². The molecule has 1 saturated heterocycles. The van der Waals surface area contributed by atoms with Gasteiger partial charge in [0, 0.05) is 72.4 Å². The third-order valence-electron chi connectivity index (χ3n) is 19.5. The normalized spacial score (nSPS) is 20.0. The molecule has 0 radical (unpaired) electrons. The average Bonchev–Trinajstić information content (AvgIpc) is 1.67. The van der Waals surface area contributed by atoms with Gasteiger partial charge < -0.3 is 60.6 Å². The number of aliphatic hydroxyl groups is 2. The van der Waals surface area contributed by atoms with Crippen molar-refractivity contribution in [1.29, 1.82) is 0 Å². The van der Waals surface area contributed by atoms with Gasteiger partial charge in [-0.1, -0.05) is 134 Å². The van der Waals surface area contributed by atoms with E-state index < -0.39 is 17.4 Å². The monoisotopic (exact) mass is 1210 g/mol. The number of guanidine groups is 1. The predicted molar refractivity (Wildman–Crippen MR) is 364 cm³/mol. The number of rotatable bonds is 11. The van der Waals surface area contributed by atoms with Gasteiger partial charge in [0.15, 0.2) is 22.9 Å². The highest BCUT2D eigenvalue weighted by Crippen LogP contribution is 2.60. The Balaban J connectivity index is 0.927. The first kappa shape index (κ1) is 59.0. The molecule has 15 rings (SSSR count). The van der Waals surface area contributed by atoms with Crippen molar-refractivity contribution in [2.45, 2.75) is 75.3 Å². The first-order valence-electron chi connectivity index (χ1n) is 31.9. The molecule has 2 aliphatic carbocycles. The molecule has 91 heavy (non-hydrogen) atoms. The number of aromatic hydroxyl groups is 1. The molecule has 5 heterocycles. The zero-order valence-corrected chi connectivity index (χ0v) is 51.3. The van der Waals surface area contributed by atoms with Crippen LogP contribution in [-0.4, -0.2) is 85.0 Å². The number of ether oxygens (including phenoxy) is 3. The molecule has 462 valence electrons. The minimum atomic E-state index is -0.878. The lowest BCUT2D eigenvalue weighted by atomic mass is 9.69. The van der Waals surface area contributed by atoms with E-state index in [4.69, 9.17) is 35.1 Å². The smallest absolute Gasteiger partial charge is 0.204 e. The Kier molecular flexibility index (Phi) is 16.2. The highest BCUT2D eigenvalue weighted by atomic mass is 16.5. The number of aromatic nitrogens is 1. The summed E-state index contributed by atoms with van der Waals surface area (Å²) in [6.07, 6.45) is 11.4. The third kappa shape index (κ3) is 11.4. The highest BCUT2D eigenvalue weighted by molar-refractivity contribution is 6.01. The van der Waals surface area contributed by atoms with E-state index in [1.807, 2.05) is 36.4 Å². The van der Waals surface area contributed by atoms with Gasteiger partial charge in [-0.15, -0.1) is 0 Å². The van der Waals surface area contributed by atoms with Crippen LogP contribution < -0.4 is 41.3 Å². The van der Waals surface area contributed by atoms with Crippen LogP contribution in [-0.2, 0) is 31.1 Å². The molecule has 10 aromatic rings. The maximum Gasteiger partial charge on any atom is 0.204 e. The van der Waals surface area contributed by atoms with Gasteiger partial charge in [-0.05, 0) is 159 Å². The number of methoxy groups -OCH3 is 1. The van der Waals surface area contributed by atoms with Crippen LogP contribution in [0, 0.1) is 11.8 Å². The van der Waals surface area contributed by atoms with Crippen molar-refractivity contribution in [2.24, 2.45) is 28.3 Å². The molecule has 4 bridgehead atoms. The van der Waals surface area contributed by atoms with Gasteiger partial charge in [0.05, 0.1) is 38.2 Å². The molecule has 5 aliphatic rings. The van der Waals surface area contributed by atoms with Crippen molar-refractivity contribution in [1.82, 2.24) is 10.3 Å². The van der Waals surface area contributed by atoms with Crippen LogP contribution in [0.1, 0.15) is 76.7 Å². The fourth-order valence-corrected chi connectivity index (χ4v) is 15.0. The van der Waals surface area contributed by atoms with Crippen molar-refractivity contribution in [3.63, 3.8) is 0 Å². The topological polar surface area (TPSA) is 214 Å². The van der Waals surface area contributed by atoms with E-state index in [2.05, 4.69) is 131 Å². The molecule has 1 saturated carbocycles. The summed E-state index contributed by atoms with van der Waals surface area (Å²) in [5.74, 6) is 1.83. The highest BCUT2D eigenvalue weighted by Gasteiger charge is 2.54. The van der Waals surface area contributed by atoms with Crippen LogP contribution in [0.4, 0.5) is 11.5 Å². The van der Waals surface area contributed by atoms with E-state index in [1.54, 1.807) is 30.3 Å². The Hall–Kier alpha value is -9.60. The van der Waals surface area contributed by atoms with Gasteiger partial charge in [-0.2, -0.15) is 0 Å². The second-order valence-corrected chi connectivity index (χ2v) is 25.0. The van der Waals surface area contributed by atoms with Crippen LogP contribution in [0.2, 0.25) is 0 Å². The second-order valence-electron chi connectivity index (χ2n) is 25.0. The predicted octanol–water partition coefficient (Wildman–Crippen LogP) is 13.1. The lowest BCUT2D eigenvalue weighted by Gasteiger charge is -2.49. The second kappa shape index (κ2) is 25.0. The Morgan fingerprint density at radius 2 is 1.69 bits per heavy atom. The van der Waals surface area contributed by atoms with Crippen LogP contribution in [0.25, 0.3) is 67.1 Å². The van der Waals surface area contributed by atoms with Gasteiger partial charge in [0.2, 0.25) is 5.75 Å². The summed E-state index contributed by atoms with van der Waals surface area (Å²) in [5.41, 5.74) is 24.0. The number of aryl methyl sites for hydroxylation is 3. The van der Waals surface area contributed by atoms with E-state index in [9.17, 15) is 20.1 Å². The summed E-state index contributed by atoms with van der Waals surface area (Å²) in [6, 6.07) is 53.3. The molecule has 3 aliphatic heterocycles. The molecule has 2 fully saturated rings. The number of nitrogens with one attached hydrogen (secondary N) is 2. The molecule has 2 aromatic heterocycles. The summed E-state index contributed by atoms with van der Waals surface area (Å²) in [6.45, 7) is 4.22. The maximum absolute atomic E-state index is 14.9. The van der Waals surface area contributed by atoms with Gasteiger partial charge in [0.25, 0.3) is 0 Å². The van der Waals surface area contributed by atoms with E-state index in [-0.39, 0.29) is 95.2 Å². The lowest BCUT2D eigenvalue weighted by molar-refractivity contribution is 0.157. The van der Waals surface area contributed by atoms with Crippen LogP contribution in [0.3, 0.4) is 0 Å². The number of aliphatic imine (C=N–C) groups is 1. The van der Waals surface area contributed by atoms with Gasteiger partial charge in [-0.3, -0.25) is 4.79 Å². The van der Waals surface area contributed by atoms with Gasteiger partial charge in [0.1, 0.15) is 28.3 Å². The molecule has 0 amide bonds. The molecule has 14 heteroatoms. The molecule has 14 nitrogen and oxygen atoms in total. The summed E-state index contributed by atoms with van der Waals surface area (Å²) < 4.78 is 27.0. The summed E-state index contributed by atoms with van der Waals surface area (Å²) in [7, 11) is 1.52. The van der Waals surface area contributed by atoms with E-state index >= 15 is 0 Å².